The van der Waals surface area contributed by atoms with Gasteiger partial charge >= 0.3 is 0 Å². The Balaban J connectivity index is 1.61. The summed E-state index contributed by atoms with van der Waals surface area (Å²) < 4.78 is 11.5. The number of Topliss-reactive ketones (excluding diaryl/α,β-unsaturated/α-hetero) is 1. The molecular formula is C23H34N2O4. The number of rotatable bonds is 7. The zero-order chi connectivity index (χ0) is 20.8. The maximum absolute atomic E-state index is 12.8. The molecule has 0 saturated carbocycles. The molecule has 160 valence electrons. The first-order valence-electron chi connectivity index (χ1n) is 10.9. The Hall–Kier alpha value is -2.08. The van der Waals surface area contributed by atoms with Crippen LogP contribution in [0.15, 0.2) is 18.2 Å². The number of ether oxygens (including phenoxy) is 2. The first-order valence-corrected chi connectivity index (χ1v) is 10.9. The summed E-state index contributed by atoms with van der Waals surface area (Å²) in [6.45, 7) is 7.63. The fourth-order valence-corrected chi connectivity index (χ4v) is 4.28. The van der Waals surface area contributed by atoms with E-state index < -0.39 is 0 Å². The number of methoxy groups -OCH3 is 1. The van der Waals surface area contributed by atoms with Crippen LogP contribution in [0, 0.1) is 5.92 Å². The molecule has 2 heterocycles. The fourth-order valence-electron chi connectivity index (χ4n) is 4.28. The second kappa shape index (κ2) is 10.1. The molecule has 0 aromatic heterocycles. The van der Waals surface area contributed by atoms with Crippen LogP contribution in [-0.2, 0) is 16.1 Å². The van der Waals surface area contributed by atoms with Crippen molar-refractivity contribution in [3.63, 3.8) is 0 Å². The Morgan fingerprint density at radius 3 is 2.79 bits per heavy atom. The third kappa shape index (κ3) is 5.50. The molecule has 0 radical (unpaired) electrons. The quantitative estimate of drug-likeness (QED) is 0.701. The molecule has 0 N–H and O–H groups in total. The summed E-state index contributed by atoms with van der Waals surface area (Å²) in [7, 11) is 1.67. The van der Waals surface area contributed by atoms with Gasteiger partial charge in [0.15, 0.2) is 0 Å². The second-order valence-electron chi connectivity index (χ2n) is 8.11. The second-order valence-corrected chi connectivity index (χ2v) is 8.11. The Bertz CT molecular complexity index is 721. The number of hydrogen-bond acceptors (Lipinski definition) is 5. The van der Waals surface area contributed by atoms with Crippen molar-refractivity contribution >= 4 is 11.7 Å². The van der Waals surface area contributed by atoms with Gasteiger partial charge in [0.1, 0.15) is 23.4 Å². The van der Waals surface area contributed by atoms with Gasteiger partial charge in [-0.25, -0.2) is 0 Å². The molecule has 1 amide bonds. The summed E-state index contributed by atoms with van der Waals surface area (Å²) in [6, 6.07) is 5.92. The lowest BCUT2D eigenvalue weighted by Crippen LogP contribution is -2.43. The highest BCUT2D eigenvalue weighted by atomic mass is 16.5. The van der Waals surface area contributed by atoms with Crippen molar-refractivity contribution in [2.75, 3.05) is 33.3 Å². The van der Waals surface area contributed by atoms with Crippen molar-refractivity contribution in [3.8, 4) is 11.5 Å². The number of piperidine rings is 1. The van der Waals surface area contributed by atoms with Gasteiger partial charge in [-0.2, -0.15) is 0 Å². The topological polar surface area (TPSA) is 59.1 Å². The molecule has 1 fully saturated rings. The molecule has 2 aliphatic rings. The first-order chi connectivity index (χ1) is 14.0. The number of hydrogen-bond donors (Lipinski definition) is 0. The van der Waals surface area contributed by atoms with Crippen molar-refractivity contribution in [1.29, 1.82) is 0 Å². The third-order valence-electron chi connectivity index (χ3n) is 6.09. The Kier molecular flexibility index (Phi) is 7.53. The summed E-state index contributed by atoms with van der Waals surface area (Å²) >= 11 is 0. The van der Waals surface area contributed by atoms with E-state index in [2.05, 4.69) is 11.8 Å². The molecule has 2 atom stereocenters. The molecule has 6 nitrogen and oxygen atoms in total. The standard InChI is InChI=1S/C23H34N2O4/c1-4-19-16-24(14-18-13-20(28-3)8-9-22(18)29-19)12-10-23(27)25-11-6-7-17(15-25)21(26)5-2/h8-9,13,17,19H,4-7,10-12,14-16H2,1-3H3/t17-,19-/m1/s1. The highest BCUT2D eigenvalue weighted by Crippen LogP contribution is 2.30. The zero-order valence-corrected chi connectivity index (χ0v) is 18.0. The van der Waals surface area contributed by atoms with Crippen LogP contribution in [-0.4, -0.2) is 60.9 Å². The molecule has 6 heteroatoms. The number of benzene rings is 1. The van der Waals surface area contributed by atoms with Crippen molar-refractivity contribution in [3.05, 3.63) is 23.8 Å². The van der Waals surface area contributed by atoms with Gasteiger partial charge in [0, 0.05) is 57.0 Å². The van der Waals surface area contributed by atoms with Crippen LogP contribution in [0.2, 0.25) is 0 Å². The molecule has 1 saturated heterocycles. The molecule has 0 bridgehead atoms. The van der Waals surface area contributed by atoms with Crippen molar-refractivity contribution in [2.24, 2.45) is 5.92 Å². The zero-order valence-electron chi connectivity index (χ0n) is 18.0. The lowest BCUT2D eigenvalue weighted by atomic mass is 9.92. The summed E-state index contributed by atoms with van der Waals surface area (Å²) in [4.78, 5) is 29.1. The Labute approximate surface area is 174 Å². The number of carbonyl (C=O) groups is 2. The van der Waals surface area contributed by atoms with Crippen molar-refractivity contribution in [1.82, 2.24) is 9.80 Å². The molecule has 0 aliphatic carbocycles. The van der Waals surface area contributed by atoms with E-state index in [1.807, 2.05) is 30.0 Å². The Morgan fingerprint density at radius 1 is 1.24 bits per heavy atom. The minimum atomic E-state index is 0.0214. The van der Waals surface area contributed by atoms with Gasteiger partial charge in [0.2, 0.25) is 5.91 Å². The molecule has 0 spiro atoms. The predicted molar refractivity (Wildman–Crippen MR) is 112 cm³/mol. The molecule has 1 aromatic rings. The average Bonchev–Trinajstić information content (AvgIpc) is 2.94. The number of carbonyl (C=O) groups excluding carboxylic acids is 2. The van der Waals surface area contributed by atoms with Gasteiger partial charge in [-0.3, -0.25) is 14.5 Å². The molecule has 3 rings (SSSR count). The van der Waals surface area contributed by atoms with Gasteiger partial charge < -0.3 is 14.4 Å². The maximum Gasteiger partial charge on any atom is 0.223 e. The highest BCUT2D eigenvalue weighted by Gasteiger charge is 2.28. The van der Waals surface area contributed by atoms with Gasteiger partial charge in [-0.15, -0.1) is 0 Å². The summed E-state index contributed by atoms with van der Waals surface area (Å²) in [5, 5.41) is 0. The van der Waals surface area contributed by atoms with E-state index in [0.29, 0.717) is 25.9 Å². The minimum Gasteiger partial charge on any atom is -0.497 e. The van der Waals surface area contributed by atoms with Gasteiger partial charge in [0.25, 0.3) is 0 Å². The average molecular weight is 403 g/mol. The summed E-state index contributed by atoms with van der Waals surface area (Å²) in [6.07, 6.45) is 3.90. The smallest absolute Gasteiger partial charge is 0.223 e. The van der Waals surface area contributed by atoms with Crippen LogP contribution in [0.1, 0.15) is 51.5 Å². The van der Waals surface area contributed by atoms with Crippen LogP contribution in [0.3, 0.4) is 0 Å². The lowest BCUT2D eigenvalue weighted by molar-refractivity contribution is -0.135. The monoisotopic (exact) mass is 402 g/mol. The van der Waals surface area contributed by atoms with E-state index in [0.717, 1.165) is 56.0 Å². The van der Waals surface area contributed by atoms with Crippen LogP contribution >= 0.6 is 0 Å². The maximum atomic E-state index is 12.8. The van der Waals surface area contributed by atoms with Crippen molar-refractivity contribution in [2.45, 2.75) is 58.6 Å². The number of ketones is 1. The van der Waals surface area contributed by atoms with Gasteiger partial charge in [-0.05, 0) is 37.5 Å². The molecule has 1 aromatic carbocycles. The van der Waals surface area contributed by atoms with E-state index in [9.17, 15) is 9.59 Å². The lowest BCUT2D eigenvalue weighted by Gasteiger charge is -2.32. The molecule has 2 aliphatic heterocycles. The summed E-state index contributed by atoms with van der Waals surface area (Å²) in [5.74, 6) is 2.18. The van der Waals surface area contributed by atoms with E-state index in [1.165, 1.54) is 0 Å². The molecule has 0 unspecified atom stereocenters. The van der Waals surface area contributed by atoms with Crippen LogP contribution in [0.4, 0.5) is 0 Å². The van der Waals surface area contributed by atoms with Crippen molar-refractivity contribution < 1.29 is 19.1 Å². The van der Waals surface area contributed by atoms with E-state index >= 15 is 0 Å². The minimum absolute atomic E-state index is 0.0214. The number of nitrogens with zero attached hydrogens (tertiary/aromatic N) is 2. The number of fused-ring (bicyclic) bond motifs is 1. The summed E-state index contributed by atoms with van der Waals surface area (Å²) in [5.41, 5.74) is 1.10. The highest BCUT2D eigenvalue weighted by molar-refractivity contribution is 5.82. The normalized spacial score (nSPS) is 22.4. The van der Waals surface area contributed by atoms with Gasteiger partial charge in [-0.1, -0.05) is 13.8 Å². The SMILES string of the molecule is CCC(=O)[C@@H]1CCCN(C(=O)CCN2Cc3cc(OC)ccc3O[C@H](CC)C2)C1. The number of amides is 1. The van der Waals surface area contributed by atoms with Crippen LogP contribution in [0.25, 0.3) is 0 Å². The molecule has 29 heavy (non-hydrogen) atoms. The van der Waals surface area contributed by atoms with Crippen LogP contribution < -0.4 is 9.47 Å². The van der Waals surface area contributed by atoms with E-state index in [-0.39, 0.29) is 23.7 Å². The molecular weight excluding hydrogens is 368 g/mol. The van der Waals surface area contributed by atoms with E-state index in [1.54, 1.807) is 7.11 Å². The van der Waals surface area contributed by atoms with Crippen LogP contribution in [0.5, 0.6) is 11.5 Å². The predicted octanol–water partition coefficient (Wildman–Crippen LogP) is 3.28. The fraction of sp³-hybridized carbons (Fsp3) is 0.652. The largest absolute Gasteiger partial charge is 0.497 e. The first kappa shape index (κ1) is 21.6. The van der Waals surface area contributed by atoms with E-state index in [4.69, 9.17) is 9.47 Å². The number of likely N-dealkylation sites (tertiary alicyclic amines) is 1. The Morgan fingerprint density at radius 2 is 2.07 bits per heavy atom. The third-order valence-corrected chi connectivity index (χ3v) is 6.09. The van der Waals surface area contributed by atoms with Gasteiger partial charge in [0.05, 0.1) is 7.11 Å².